The summed E-state index contributed by atoms with van der Waals surface area (Å²) in [4.78, 5) is 28.0. The summed E-state index contributed by atoms with van der Waals surface area (Å²) in [7, 11) is 0. The second kappa shape index (κ2) is 6.50. The molecule has 0 saturated carbocycles. The summed E-state index contributed by atoms with van der Waals surface area (Å²) in [6.45, 7) is 9.55. The zero-order valence-electron chi connectivity index (χ0n) is 14.0. The molecule has 0 aliphatic heterocycles. The van der Waals surface area contributed by atoms with Crippen LogP contribution in [0.5, 0.6) is 0 Å². The van der Waals surface area contributed by atoms with Crippen LogP contribution in [-0.2, 0) is 10.2 Å². The summed E-state index contributed by atoms with van der Waals surface area (Å²) < 4.78 is 0. The van der Waals surface area contributed by atoms with Gasteiger partial charge in [0, 0.05) is 29.0 Å². The molecule has 0 bridgehead atoms. The smallest absolute Gasteiger partial charge is 0.257 e. The van der Waals surface area contributed by atoms with Crippen LogP contribution in [0.25, 0.3) is 0 Å². The number of nitrogens with zero attached hydrogens (tertiary/aromatic N) is 1. The second-order valence-electron chi connectivity index (χ2n) is 6.45. The molecule has 0 fully saturated rings. The van der Waals surface area contributed by atoms with E-state index in [1.165, 1.54) is 18.3 Å². The van der Waals surface area contributed by atoms with Crippen molar-refractivity contribution >= 4 is 34.0 Å². The third kappa shape index (κ3) is 4.39. The molecule has 0 aliphatic carbocycles. The maximum Gasteiger partial charge on any atom is 0.257 e. The first-order chi connectivity index (χ1) is 10.7. The molecule has 0 saturated heterocycles. The van der Waals surface area contributed by atoms with E-state index in [1.54, 1.807) is 12.1 Å². The number of rotatable bonds is 3. The molecule has 122 valence electrons. The lowest BCUT2D eigenvalue weighted by atomic mass is 9.93. The molecule has 0 aliphatic rings. The van der Waals surface area contributed by atoms with Crippen molar-refractivity contribution in [2.45, 2.75) is 40.0 Å². The maximum atomic E-state index is 12.4. The van der Waals surface area contributed by atoms with E-state index in [0.29, 0.717) is 16.4 Å². The summed E-state index contributed by atoms with van der Waals surface area (Å²) >= 11 is 1.40. The molecule has 1 aromatic carbocycles. The molecule has 0 unspecified atom stereocenters. The highest BCUT2D eigenvalue weighted by atomic mass is 32.1. The van der Waals surface area contributed by atoms with Crippen LogP contribution >= 0.6 is 11.3 Å². The zero-order valence-corrected chi connectivity index (χ0v) is 14.8. The highest BCUT2D eigenvalue weighted by Gasteiger charge is 2.18. The van der Waals surface area contributed by atoms with Gasteiger partial charge in [0.15, 0.2) is 5.13 Å². The SMILES string of the molecule is CC(=O)Nc1cc(C(=O)Nc2nc(C(C)(C)C)cs2)ccc1C. The average Bonchev–Trinajstić information content (AvgIpc) is 2.89. The highest BCUT2D eigenvalue weighted by Crippen LogP contribution is 2.27. The minimum Gasteiger partial charge on any atom is -0.326 e. The molecule has 23 heavy (non-hydrogen) atoms. The van der Waals surface area contributed by atoms with Crippen LogP contribution in [0, 0.1) is 6.92 Å². The zero-order chi connectivity index (χ0) is 17.2. The van der Waals surface area contributed by atoms with Gasteiger partial charge in [-0.1, -0.05) is 26.8 Å². The number of hydrogen-bond acceptors (Lipinski definition) is 4. The molecule has 2 amide bonds. The van der Waals surface area contributed by atoms with Crippen LogP contribution in [0.2, 0.25) is 0 Å². The first-order valence-electron chi connectivity index (χ1n) is 7.32. The van der Waals surface area contributed by atoms with E-state index in [2.05, 4.69) is 36.4 Å². The average molecular weight is 331 g/mol. The number of anilines is 2. The van der Waals surface area contributed by atoms with Crippen LogP contribution in [-0.4, -0.2) is 16.8 Å². The fourth-order valence-electron chi connectivity index (χ4n) is 1.93. The van der Waals surface area contributed by atoms with Crippen molar-refractivity contribution < 1.29 is 9.59 Å². The third-order valence-electron chi connectivity index (χ3n) is 3.30. The fourth-order valence-corrected chi connectivity index (χ4v) is 2.86. The van der Waals surface area contributed by atoms with Crippen molar-refractivity contribution in [3.05, 3.63) is 40.4 Å². The Kier molecular flexibility index (Phi) is 4.85. The number of thiazole rings is 1. The molecule has 1 aromatic heterocycles. The number of aromatic nitrogens is 1. The second-order valence-corrected chi connectivity index (χ2v) is 7.31. The monoisotopic (exact) mass is 331 g/mol. The normalized spacial score (nSPS) is 11.2. The molecule has 2 N–H and O–H groups in total. The maximum absolute atomic E-state index is 12.4. The number of hydrogen-bond donors (Lipinski definition) is 2. The number of amides is 2. The number of aryl methyl sites for hydroxylation is 1. The Balaban J connectivity index is 2.17. The van der Waals surface area contributed by atoms with Gasteiger partial charge in [-0.05, 0) is 24.6 Å². The molecule has 0 spiro atoms. The van der Waals surface area contributed by atoms with Crippen molar-refractivity contribution in [1.29, 1.82) is 0 Å². The topological polar surface area (TPSA) is 71.1 Å². The van der Waals surface area contributed by atoms with Gasteiger partial charge < -0.3 is 5.32 Å². The number of carbonyl (C=O) groups is 2. The van der Waals surface area contributed by atoms with Gasteiger partial charge in [0.1, 0.15) is 0 Å². The Labute approximate surface area is 140 Å². The van der Waals surface area contributed by atoms with Gasteiger partial charge in [0.25, 0.3) is 5.91 Å². The van der Waals surface area contributed by atoms with Crippen LogP contribution in [0.3, 0.4) is 0 Å². The minimum atomic E-state index is -0.244. The summed E-state index contributed by atoms with van der Waals surface area (Å²) in [6.07, 6.45) is 0. The third-order valence-corrected chi connectivity index (χ3v) is 4.06. The first-order valence-corrected chi connectivity index (χ1v) is 8.20. The summed E-state index contributed by atoms with van der Waals surface area (Å²) in [5.41, 5.74) is 2.91. The van der Waals surface area contributed by atoms with Crippen molar-refractivity contribution in [3.8, 4) is 0 Å². The van der Waals surface area contributed by atoms with Crippen LogP contribution in [0.1, 0.15) is 49.3 Å². The predicted molar refractivity (Wildman–Crippen MR) is 94.2 cm³/mol. The van der Waals surface area contributed by atoms with Gasteiger partial charge in [-0.15, -0.1) is 11.3 Å². The van der Waals surface area contributed by atoms with E-state index in [1.807, 2.05) is 18.4 Å². The van der Waals surface area contributed by atoms with Crippen molar-refractivity contribution in [1.82, 2.24) is 4.98 Å². The summed E-state index contributed by atoms with van der Waals surface area (Å²) in [5.74, 6) is -0.410. The highest BCUT2D eigenvalue weighted by molar-refractivity contribution is 7.14. The van der Waals surface area contributed by atoms with Crippen molar-refractivity contribution in [3.63, 3.8) is 0 Å². The molecular weight excluding hydrogens is 310 g/mol. The number of nitrogens with one attached hydrogen (secondary N) is 2. The molecule has 2 rings (SSSR count). The quantitative estimate of drug-likeness (QED) is 0.894. The van der Waals surface area contributed by atoms with Gasteiger partial charge in [-0.25, -0.2) is 4.98 Å². The summed E-state index contributed by atoms with van der Waals surface area (Å²) in [5, 5.41) is 8.05. The van der Waals surface area contributed by atoms with Crippen molar-refractivity contribution in [2.24, 2.45) is 0 Å². The van der Waals surface area contributed by atoms with Gasteiger partial charge in [-0.2, -0.15) is 0 Å². The van der Waals surface area contributed by atoms with E-state index in [0.717, 1.165) is 11.3 Å². The lowest BCUT2D eigenvalue weighted by molar-refractivity contribution is -0.114. The molecule has 0 radical (unpaired) electrons. The first kappa shape index (κ1) is 17.1. The fraction of sp³-hybridized carbons (Fsp3) is 0.353. The van der Waals surface area contributed by atoms with Crippen LogP contribution < -0.4 is 10.6 Å². The van der Waals surface area contributed by atoms with Gasteiger partial charge >= 0.3 is 0 Å². The van der Waals surface area contributed by atoms with Crippen LogP contribution in [0.4, 0.5) is 10.8 Å². The molecule has 1 heterocycles. The molecule has 6 heteroatoms. The Hall–Kier alpha value is -2.21. The molecule has 2 aromatic rings. The Morgan fingerprint density at radius 2 is 1.87 bits per heavy atom. The van der Waals surface area contributed by atoms with E-state index in [9.17, 15) is 9.59 Å². The van der Waals surface area contributed by atoms with Gasteiger partial charge in [0.05, 0.1) is 5.69 Å². The standard InChI is InChI=1S/C17H21N3O2S/c1-10-6-7-12(8-13(10)18-11(2)21)15(22)20-16-19-14(9-23-16)17(3,4)5/h6-9H,1-5H3,(H,18,21)(H,19,20,22). The van der Waals surface area contributed by atoms with Crippen molar-refractivity contribution in [2.75, 3.05) is 10.6 Å². The Bertz CT molecular complexity index is 745. The lowest BCUT2D eigenvalue weighted by Crippen LogP contribution is -2.15. The number of benzene rings is 1. The predicted octanol–water partition coefficient (Wildman–Crippen LogP) is 3.96. The molecule has 5 nitrogen and oxygen atoms in total. The molecular formula is C17H21N3O2S. The minimum absolute atomic E-state index is 0.0537. The van der Waals surface area contributed by atoms with Crippen LogP contribution in [0.15, 0.2) is 23.6 Å². The van der Waals surface area contributed by atoms with Gasteiger partial charge in [0.2, 0.25) is 5.91 Å². The van der Waals surface area contributed by atoms with E-state index < -0.39 is 0 Å². The van der Waals surface area contributed by atoms with E-state index in [4.69, 9.17) is 0 Å². The van der Waals surface area contributed by atoms with E-state index in [-0.39, 0.29) is 17.2 Å². The number of carbonyl (C=O) groups excluding carboxylic acids is 2. The molecule has 0 atom stereocenters. The Morgan fingerprint density at radius 1 is 1.17 bits per heavy atom. The lowest BCUT2D eigenvalue weighted by Gasteiger charge is -2.14. The largest absolute Gasteiger partial charge is 0.326 e. The van der Waals surface area contributed by atoms with Gasteiger partial charge in [-0.3, -0.25) is 14.9 Å². The van der Waals surface area contributed by atoms with E-state index >= 15 is 0 Å². The summed E-state index contributed by atoms with van der Waals surface area (Å²) in [6, 6.07) is 5.21. The Morgan fingerprint density at radius 3 is 2.43 bits per heavy atom.